The van der Waals surface area contributed by atoms with E-state index in [2.05, 4.69) is 5.10 Å². The lowest BCUT2D eigenvalue weighted by atomic mass is 9.83. The fourth-order valence-electron chi connectivity index (χ4n) is 4.59. The summed E-state index contributed by atoms with van der Waals surface area (Å²) in [5, 5.41) is 12.0. The SMILES string of the molecule is COc1ccc(Oc2ccc(-c3nc4cc(C(=O)O)[nH]n4c(=O)c3C3CCCCC3)cc2)cc1. The maximum absolute atomic E-state index is 13.5. The normalized spacial score (nSPS) is 14.3. The third kappa shape index (κ3) is 4.14. The minimum atomic E-state index is -1.13. The molecule has 0 spiro atoms. The summed E-state index contributed by atoms with van der Waals surface area (Å²) in [6.07, 6.45) is 5.12. The molecular formula is C26H25N3O5. The third-order valence-corrected chi connectivity index (χ3v) is 6.32. The molecule has 1 fully saturated rings. The van der Waals surface area contributed by atoms with Crippen molar-refractivity contribution in [1.82, 2.24) is 14.6 Å². The number of hydrogen-bond acceptors (Lipinski definition) is 5. The summed E-state index contributed by atoms with van der Waals surface area (Å²) < 4.78 is 12.4. The van der Waals surface area contributed by atoms with Gasteiger partial charge in [-0.2, -0.15) is 0 Å². The molecule has 8 heteroatoms. The molecule has 34 heavy (non-hydrogen) atoms. The molecule has 0 radical (unpaired) electrons. The topological polar surface area (TPSA) is 106 Å². The molecule has 0 unspecified atom stereocenters. The lowest BCUT2D eigenvalue weighted by molar-refractivity contribution is 0.0690. The van der Waals surface area contributed by atoms with Gasteiger partial charge < -0.3 is 14.6 Å². The van der Waals surface area contributed by atoms with Gasteiger partial charge in [-0.1, -0.05) is 19.3 Å². The summed E-state index contributed by atoms with van der Waals surface area (Å²) in [4.78, 5) is 29.7. The summed E-state index contributed by atoms with van der Waals surface area (Å²) >= 11 is 0. The fourth-order valence-corrected chi connectivity index (χ4v) is 4.59. The highest BCUT2D eigenvalue weighted by atomic mass is 16.5. The van der Waals surface area contributed by atoms with E-state index in [0.29, 0.717) is 22.8 Å². The zero-order chi connectivity index (χ0) is 23.7. The zero-order valence-electron chi connectivity index (χ0n) is 18.8. The highest BCUT2D eigenvalue weighted by Crippen LogP contribution is 2.36. The van der Waals surface area contributed by atoms with Crippen molar-refractivity contribution in [3.05, 3.63) is 76.2 Å². The summed E-state index contributed by atoms with van der Waals surface area (Å²) in [6, 6.07) is 16.2. The molecule has 2 aromatic carbocycles. The van der Waals surface area contributed by atoms with Crippen molar-refractivity contribution in [2.24, 2.45) is 0 Å². The van der Waals surface area contributed by atoms with Crippen molar-refractivity contribution in [2.75, 3.05) is 7.11 Å². The number of hydrogen-bond donors (Lipinski definition) is 2. The third-order valence-electron chi connectivity index (χ3n) is 6.32. The molecular weight excluding hydrogens is 434 g/mol. The molecule has 2 N–H and O–H groups in total. The average molecular weight is 460 g/mol. The van der Waals surface area contributed by atoms with Crippen LogP contribution in [-0.4, -0.2) is 32.8 Å². The van der Waals surface area contributed by atoms with E-state index in [-0.39, 0.29) is 22.8 Å². The van der Waals surface area contributed by atoms with E-state index in [9.17, 15) is 14.7 Å². The van der Waals surface area contributed by atoms with E-state index in [0.717, 1.165) is 43.4 Å². The van der Waals surface area contributed by atoms with Gasteiger partial charge in [-0.15, -0.1) is 0 Å². The molecule has 1 aliphatic carbocycles. The van der Waals surface area contributed by atoms with Crippen molar-refractivity contribution < 1.29 is 19.4 Å². The van der Waals surface area contributed by atoms with E-state index in [1.807, 2.05) is 48.5 Å². The Labute approximate surface area is 195 Å². The molecule has 174 valence electrons. The maximum atomic E-state index is 13.5. The number of methoxy groups -OCH3 is 1. The second-order valence-corrected chi connectivity index (χ2v) is 8.48. The summed E-state index contributed by atoms with van der Waals surface area (Å²) in [6.45, 7) is 0. The number of carbonyl (C=O) groups is 1. The number of nitrogens with zero attached hydrogens (tertiary/aromatic N) is 2. The Bertz CT molecular complexity index is 1380. The first-order chi connectivity index (χ1) is 16.5. The molecule has 4 aromatic rings. The van der Waals surface area contributed by atoms with Gasteiger partial charge in [-0.25, -0.2) is 14.3 Å². The van der Waals surface area contributed by atoms with Crippen LogP contribution in [-0.2, 0) is 0 Å². The van der Waals surface area contributed by atoms with Crippen LogP contribution in [0.1, 0.15) is 54.1 Å². The van der Waals surface area contributed by atoms with Crippen LogP contribution in [0, 0.1) is 0 Å². The molecule has 0 saturated heterocycles. The minimum Gasteiger partial charge on any atom is -0.497 e. The molecule has 2 aromatic heterocycles. The van der Waals surface area contributed by atoms with Crippen molar-refractivity contribution in [1.29, 1.82) is 0 Å². The maximum Gasteiger partial charge on any atom is 0.353 e. The number of fused-ring (bicyclic) bond motifs is 1. The summed E-state index contributed by atoms with van der Waals surface area (Å²) in [5.74, 6) is 1.04. The molecule has 0 aliphatic heterocycles. The predicted molar refractivity (Wildman–Crippen MR) is 127 cm³/mol. The van der Waals surface area contributed by atoms with Gasteiger partial charge in [0.1, 0.15) is 22.9 Å². The summed E-state index contributed by atoms with van der Waals surface area (Å²) in [5.41, 5.74) is 2.01. The van der Waals surface area contributed by atoms with Crippen molar-refractivity contribution >= 4 is 11.6 Å². The van der Waals surface area contributed by atoms with E-state index < -0.39 is 5.97 Å². The van der Waals surface area contributed by atoms with Crippen LogP contribution in [0.4, 0.5) is 0 Å². The van der Waals surface area contributed by atoms with Crippen molar-refractivity contribution in [3.8, 4) is 28.5 Å². The molecule has 1 aliphatic rings. The number of aromatic carboxylic acids is 1. The predicted octanol–water partition coefficient (Wildman–Crippen LogP) is 5.24. The van der Waals surface area contributed by atoms with Gasteiger partial charge in [0.15, 0.2) is 5.65 Å². The first kappa shape index (κ1) is 21.8. The summed E-state index contributed by atoms with van der Waals surface area (Å²) in [7, 11) is 1.61. The first-order valence-corrected chi connectivity index (χ1v) is 11.3. The Morgan fingerprint density at radius 2 is 1.62 bits per heavy atom. The lowest BCUT2D eigenvalue weighted by Crippen LogP contribution is -2.25. The highest BCUT2D eigenvalue weighted by molar-refractivity contribution is 5.86. The Balaban J connectivity index is 1.54. The van der Waals surface area contributed by atoms with Crippen LogP contribution in [0.25, 0.3) is 16.9 Å². The van der Waals surface area contributed by atoms with Crippen LogP contribution in [0.2, 0.25) is 0 Å². The Morgan fingerprint density at radius 3 is 2.24 bits per heavy atom. The van der Waals surface area contributed by atoms with Crippen LogP contribution >= 0.6 is 0 Å². The van der Waals surface area contributed by atoms with Crippen LogP contribution in [0.3, 0.4) is 0 Å². The Kier molecular flexibility index (Phi) is 5.79. The van der Waals surface area contributed by atoms with Crippen LogP contribution in [0.5, 0.6) is 17.2 Å². The molecule has 1 saturated carbocycles. The zero-order valence-corrected chi connectivity index (χ0v) is 18.8. The number of aromatic nitrogens is 3. The lowest BCUT2D eigenvalue weighted by Gasteiger charge is -2.23. The number of carboxylic acid groups (broad SMARTS) is 1. The molecule has 0 atom stereocenters. The van der Waals surface area contributed by atoms with Gasteiger partial charge >= 0.3 is 5.97 Å². The smallest absolute Gasteiger partial charge is 0.353 e. The quantitative estimate of drug-likeness (QED) is 0.409. The molecule has 0 amide bonds. The second-order valence-electron chi connectivity index (χ2n) is 8.48. The van der Waals surface area contributed by atoms with E-state index in [4.69, 9.17) is 14.5 Å². The highest BCUT2D eigenvalue weighted by Gasteiger charge is 2.26. The Morgan fingerprint density at radius 1 is 1.00 bits per heavy atom. The number of rotatable bonds is 6. The van der Waals surface area contributed by atoms with Gasteiger partial charge in [0.2, 0.25) is 0 Å². The van der Waals surface area contributed by atoms with Crippen LogP contribution in [0.15, 0.2) is 59.4 Å². The number of ether oxygens (including phenoxy) is 2. The second kappa shape index (κ2) is 9.05. The van der Waals surface area contributed by atoms with Gasteiger partial charge in [0.25, 0.3) is 5.56 Å². The Hall–Kier alpha value is -4.07. The van der Waals surface area contributed by atoms with Crippen molar-refractivity contribution in [3.63, 3.8) is 0 Å². The fraction of sp³-hybridized carbons (Fsp3) is 0.269. The van der Waals surface area contributed by atoms with Gasteiger partial charge in [0.05, 0.1) is 12.8 Å². The molecule has 0 bridgehead atoms. The first-order valence-electron chi connectivity index (χ1n) is 11.3. The molecule has 2 heterocycles. The van der Waals surface area contributed by atoms with E-state index in [1.54, 1.807) is 7.11 Å². The number of aromatic amines is 1. The molecule has 5 rings (SSSR count). The van der Waals surface area contributed by atoms with E-state index >= 15 is 0 Å². The number of carboxylic acids is 1. The minimum absolute atomic E-state index is 0.0698. The van der Waals surface area contributed by atoms with Crippen LogP contribution < -0.4 is 15.0 Å². The number of benzene rings is 2. The van der Waals surface area contributed by atoms with Crippen molar-refractivity contribution in [2.45, 2.75) is 38.0 Å². The number of nitrogens with one attached hydrogen (secondary N) is 1. The van der Waals surface area contributed by atoms with E-state index in [1.165, 1.54) is 10.6 Å². The van der Waals surface area contributed by atoms with Gasteiger partial charge in [-0.3, -0.25) is 9.89 Å². The average Bonchev–Trinajstić information content (AvgIpc) is 3.31. The molecule has 8 nitrogen and oxygen atoms in total. The van der Waals surface area contributed by atoms with Gasteiger partial charge in [0, 0.05) is 17.2 Å². The van der Waals surface area contributed by atoms with Gasteiger partial charge in [-0.05, 0) is 67.3 Å². The largest absolute Gasteiger partial charge is 0.497 e. The monoisotopic (exact) mass is 459 g/mol. The number of H-pyrrole nitrogens is 1. The standard InChI is InChI=1S/C26H25N3O5/c1-33-18-11-13-20(14-12-18)34-19-9-7-17(8-10-19)24-23(16-5-3-2-4-6-16)25(30)29-22(27-24)15-21(28-29)26(31)32/h7-16,28H,2-6H2,1H3,(H,31,32).